The minimum absolute atomic E-state index is 0.718. The maximum absolute atomic E-state index is 5.80. The summed E-state index contributed by atoms with van der Waals surface area (Å²) in [5.74, 6) is 1.48. The molecular weight excluding hydrogens is 194 g/mol. The predicted octanol–water partition coefficient (Wildman–Crippen LogP) is 1.37. The van der Waals surface area contributed by atoms with Crippen LogP contribution in [0.4, 0.5) is 0 Å². The number of ether oxygens (including phenoxy) is 1. The van der Waals surface area contributed by atoms with Gasteiger partial charge in [0.2, 0.25) is 0 Å². The largest absolute Gasteiger partial charge is 0.457 e. The standard InChI is InChI=1S/C13H10B2O/c1-9-2-5-12(8-13(9)15)16-11-6-3-10(14)4-7-11/h2-8H,1H3. The third kappa shape index (κ3) is 2.48. The molecule has 2 rings (SSSR count). The van der Waals surface area contributed by atoms with Crippen LogP contribution >= 0.6 is 0 Å². The molecule has 16 heavy (non-hydrogen) atoms. The van der Waals surface area contributed by atoms with Crippen LogP contribution in [0.3, 0.4) is 0 Å². The van der Waals surface area contributed by atoms with Crippen molar-refractivity contribution in [3.8, 4) is 11.5 Å². The second-order valence-electron chi connectivity index (χ2n) is 3.69. The van der Waals surface area contributed by atoms with Gasteiger partial charge in [-0.2, -0.15) is 0 Å². The van der Waals surface area contributed by atoms with Crippen molar-refractivity contribution in [2.45, 2.75) is 6.92 Å². The molecule has 1 nitrogen and oxygen atoms in total. The van der Waals surface area contributed by atoms with Gasteiger partial charge in [-0.05, 0) is 31.2 Å². The fourth-order valence-electron chi connectivity index (χ4n) is 1.35. The highest BCUT2D eigenvalue weighted by atomic mass is 16.5. The number of rotatable bonds is 2. The van der Waals surface area contributed by atoms with Crippen molar-refractivity contribution in [3.63, 3.8) is 0 Å². The summed E-state index contributed by atoms with van der Waals surface area (Å²) in [4.78, 5) is 0. The number of hydrogen-bond acceptors (Lipinski definition) is 1. The Morgan fingerprint density at radius 1 is 0.875 bits per heavy atom. The van der Waals surface area contributed by atoms with Crippen LogP contribution in [0.25, 0.3) is 0 Å². The fourth-order valence-corrected chi connectivity index (χ4v) is 1.35. The van der Waals surface area contributed by atoms with E-state index in [0.717, 1.165) is 28.0 Å². The zero-order valence-corrected chi connectivity index (χ0v) is 9.10. The SMILES string of the molecule is [B]c1ccc(Oc2ccc(C)c([B])c2)cc1. The number of benzene rings is 2. The second kappa shape index (κ2) is 4.48. The van der Waals surface area contributed by atoms with Crippen LogP contribution in [-0.4, -0.2) is 15.7 Å². The molecule has 0 amide bonds. The highest BCUT2D eigenvalue weighted by Crippen LogP contribution is 2.19. The van der Waals surface area contributed by atoms with Crippen LogP contribution in [0.2, 0.25) is 0 Å². The first-order chi connectivity index (χ1) is 7.65. The van der Waals surface area contributed by atoms with E-state index in [2.05, 4.69) is 0 Å². The lowest BCUT2D eigenvalue weighted by Gasteiger charge is -2.08. The molecule has 0 aliphatic carbocycles. The lowest BCUT2D eigenvalue weighted by Crippen LogP contribution is -2.06. The van der Waals surface area contributed by atoms with Gasteiger partial charge in [0.05, 0.1) is 0 Å². The van der Waals surface area contributed by atoms with Crippen LogP contribution < -0.4 is 15.7 Å². The van der Waals surface area contributed by atoms with Gasteiger partial charge in [-0.25, -0.2) is 0 Å². The van der Waals surface area contributed by atoms with Gasteiger partial charge in [0, 0.05) is 0 Å². The summed E-state index contributed by atoms with van der Waals surface area (Å²) in [6.45, 7) is 1.96. The molecule has 0 heterocycles. The summed E-state index contributed by atoms with van der Waals surface area (Å²) in [5, 5.41) is 0. The summed E-state index contributed by atoms with van der Waals surface area (Å²) in [7, 11) is 11.4. The highest BCUT2D eigenvalue weighted by Gasteiger charge is 1.98. The molecule has 4 radical (unpaired) electrons. The molecule has 74 valence electrons. The Morgan fingerprint density at radius 3 is 2.12 bits per heavy atom. The van der Waals surface area contributed by atoms with Crippen LogP contribution in [0, 0.1) is 6.92 Å². The topological polar surface area (TPSA) is 9.23 Å². The lowest BCUT2D eigenvalue weighted by molar-refractivity contribution is 0.483. The lowest BCUT2D eigenvalue weighted by atomic mass is 9.91. The van der Waals surface area contributed by atoms with E-state index in [9.17, 15) is 0 Å². The quantitative estimate of drug-likeness (QED) is 0.671. The molecule has 2 aromatic rings. The van der Waals surface area contributed by atoms with E-state index in [0.29, 0.717) is 0 Å². The fraction of sp³-hybridized carbons (Fsp3) is 0.0769. The van der Waals surface area contributed by atoms with Gasteiger partial charge in [0.1, 0.15) is 27.2 Å². The molecule has 0 spiro atoms. The van der Waals surface area contributed by atoms with Crippen molar-refractivity contribution in [1.29, 1.82) is 0 Å². The van der Waals surface area contributed by atoms with Gasteiger partial charge in [-0.1, -0.05) is 34.7 Å². The van der Waals surface area contributed by atoms with E-state index in [1.54, 1.807) is 12.1 Å². The second-order valence-corrected chi connectivity index (χ2v) is 3.69. The van der Waals surface area contributed by atoms with E-state index >= 15 is 0 Å². The molecule has 0 aliphatic heterocycles. The monoisotopic (exact) mass is 204 g/mol. The van der Waals surface area contributed by atoms with Gasteiger partial charge in [0.15, 0.2) is 0 Å². The zero-order valence-electron chi connectivity index (χ0n) is 9.10. The Hall–Kier alpha value is -1.63. The first-order valence-corrected chi connectivity index (χ1v) is 5.04. The normalized spacial score (nSPS) is 10.1. The third-order valence-electron chi connectivity index (χ3n) is 2.37. The Bertz CT molecular complexity index is 492. The van der Waals surface area contributed by atoms with Crippen molar-refractivity contribution in [3.05, 3.63) is 48.0 Å². The number of aryl methyl sites for hydroxylation is 1. The van der Waals surface area contributed by atoms with Crippen LogP contribution in [-0.2, 0) is 0 Å². The van der Waals surface area contributed by atoms with E-state index in [1.165, 1.54) is 0 Å². The van der Waals surface area contributed by atoms with Crippen molar-refractivity contribution >= 4 is 26.6 Å². The Labute approximate surface area is 98.3 Å². The summed E-state index contributed by atoms with van der Waals surface area (Å²) in [5.41, 5.74) is 2.49. The van der Waals surface area contributed by atoms with Gasteiger partial charge in [-0.3, -0.25) is 0 Å². The van der Waals surface area contributed by atoms with Crippen molar-refractivity contribution in [1.82, 2.24) is 0 Å². The van der Waals surface area contributed by atoms with Gasteiger partial charge < -0.3 is 4.74 Å². The average molecular weight is 204 g/mol. The molecule has 0 bridgehead atoms. The first kappa shape index (κ1) is 10.9. The molecule has 0 fully saturated rings. The Morgan fingerprint density at radius 2 is 1.50 bits per heavy atom. The van der Waals surface area contributed by atoms with E-state index in [1.807, 2.05) is 37.3 Å². The molecule has 0 N–H and O–H groups in total. The maximum Gasteiger partial charge on any atom is 0.127 e. The van der Waals surface area contributed by atoms with Crippen LogP contribution in [0.15, 0.2) is 42.5 Å². The summed E-state index contributed by atoms with van der Waals surface area (Å²) in [6.07, 6.45) is 0. The minimum atomic E-state index is 0.718. The van der Waals surface area contributed by atoms with Crippen LogP contribution in [0.5, 0.6) is 11.5 Å². The summed E-state index contributed by atoms with van der Waals surface area (Å²) >= 11 is 0. The molecule has 0 saturated heterocycles. The van der Waals surface area contributed by atoms with Crippen molar-refractivity contribution < 1.29 is 4.74 Å². The first-order valence-electron chi connectivity index (χ1n) is 5.04. The molecular formula is C13H10B2O. The molecule has 0 aromatic heterocycles. The Kier molecular flexibility index (Phi) is 3.04. The van der Waals surface area contributed by atoms with Gasteiger partial charge in [-0.15, -0.1) is 0 Å². The van der Waals surface area contributed by atoms with E-state index in [4.69, 9.17) is 20.4 Å². The van der Waals surface area contributed by atoms with Crippen molar-refractivity contribution in [2.75, 3.05) is 0 Å². The third-order valence-corrected chi connectivity index (χ3v) is 2.37. The van der Waals surface area contributed by atoms with Gasteiger partial charge >= 0.3 is 0 Å². The predicted molar refractivity (Wildman–Crippen MR) is 68.5 cm³/mol. The van der Waals surface area contributed by atoms with Gasteiger partial charge in [0.25, 0.3) is 0 Å². The molecule has 0 aliphatic rings. The summed E-state index contributed by atoms with van der Waals surface area (Å²) in [6, 6.07) is 12.9. The average Bonchev–Trinajstić information content (AvgIpc) is 2.27. The molecule has 2 aromatic carbocycles. The minimum Gasteiger partial charge on any atom is -0.457 e. The number of hydrogen-bond donors (Lipinski definition) is 0. The highest BCUT2D eigenvalue weighted by molar-refractivity contribution is 6.33. The molecule has 3 heteroatoms. The molecule has 0 saturated carbocycles. The molecule has 0 unspecified atom stereocenters. The maximum atomic E-state index is 5.80. The van der Waals surface area contributed by atoms with Crippen LogP contribution in [0.1, 0.15) is 5.56 Å². The van der Waals surface area contributed by atoms with Crippen molar-refractivity contribution in [2.24, 2.45) is 0 Å². The molecule has 0 atom stereocenters. The van der Waals surface area contributed by atoms with E-state index in [-0.39, 0.29) is 0 Å². The Balaban J connectivity index is 2.20. The van der Waals surface area contributed by atoms with E-state index < -0.39 is 0 Å². The zero-order chi connectivity index (χ0) is 11.5. The smallest absolute Gasteiger partial charge is 0.127 e. The summed E-state index contributed by atoms with van der Waals surface area (Å²) < 4.78 is 5.63.